The number of carbonyl (C=O) groups excluding carboxylic acids is 1. The van der Waals surface area contributed by atoms with E-state index in [-0.39, 0.29) is 11.7 Å². The first-order valence-corrected chi connectivity index (χ1v) is 10.4. The van der Waals surface area contributed by atoms with Crippen LogP contribution in [0, 0.1) is 0 Å². The minimum absolute atomic E-state index is 0.105. The minimum Gasteiger partial charge on any atom is -0.480 e. The zero-order valence-corrected chi connectivity index (χ0v) is 16.2. The molecule has 1 aromatic heterocycles. The Morgan fingerprint density at radius 2 is 2.00 bits per heavy atom. The van der Waals surface area contributed by atoms with Crippen molar-refractivity contribution in [1.82, 2.24) is 19.6 Å². The quantitative estimate of drug-likeness (QED) is 0.207. The number of nitrogens with zero attached hydrogens (tertiary/aromatic N) is 2. The van der Waals surface area contributed by atoms with E-state index in [9.17, 15) is 23.1 Å². The van der Waals surface area contributed by atoms with E-state index in [1.54, 1.807) is 4.72 Å². The normalized spacial score (nSPS) is 16.4. The van der Waals surface area contributed by atoms with Crippen LogP contribution in [0.25, 0.3) is 0 Å². The second-order valence-corrected chi connectivity index (χ2v) is 7.96. The van der Waals surface area contributed by atoms with Crippen LogP contribution in [0.5, 0.6) is 0 Å². The van der Waals surface area contributed by atoms with Gasteiger partial charge in [0.05, 0.1) is 18.6 Å². The number of hydrogen-bond donors (Lipinski definition) is 6. The predicted molar refractivity (Wildman–Crippen MR) is 94.5 cm³/mol. The molecular weight excluding hydrogens is 404 g/mol. The van der Waals surface area contributed by atoms with E-state index >= 15 is 0 Å². The summed E-state index contributed by atoms with van der Waals surface area (Å²) in [5, 5.41) is 22.0. The molecule has 0 aliphatic rings. The van der Waals surface area contributed by atoms with E-state index in [4.69, 9.17) is 21.1 Å². The molecule has 0 aliphatic carbocycles. The van der Waals surface area contributed by atoms with Crippen molar-refractivity contribution >= 4 is 33.8 Å². The first-order chi connectivity index (χ1) is 12.5. The Morgan fingerprint density at radius 3 is 2.48 bits per heavy atom. The maximum Gasteiger partial charge on any atom is 0.324 e. The van der Waals surface area contributed by atoms with Gasteiger partial charge >= 0.3 is 5.97 Å². The topological polar surface area (TPSA) is 224 Å². The molecule has 8 N–H and O–H groups in total. The maximum atomic E-state index is 12.2. The Kier molecular flexibility index (Phi) is 8.58. The monoisotopic (exact) mass is 426 g/mol. The second kappa shape index (κ2) is 9.95. The minimum atomic E-state index is -4.50. The molecule has 4 atom stereocenters. The Morgan fingerprint density at radius 1 is 1.37 bits per heavy atom. The lowest BCUT2D eigenvalue weighted by Gasteiger charge is -2.19. The van der Waals surface area contributed by atoms with Crippen LogP contribution in [-0.4, -0.2) is 64.8 Å². The number of hydrogen-bond acceptors (Lipinski definition) is 10. The number of thioether (sulfide) groups is 1. The molecule has 154 valence electrons. The van der Waals surface area contributed by atoms with Gasteiger partial charge in [0.1, 0.15) is 12.1 Å². The summed E-state index contributed by atoms with van der Waals surface area (Å²) in [6.45, 7) is 1.10. The lowest BCUT2D eigenvalue weighted by atomic mass is 10.2. The lowest BCUT2D eigenvalue weighted by Crippen LogP contribution is -2.52. The van der Waals surface area contributed by atoms with E-state index in [2.05, 4.69) is 10.1 Å². The molecule has 1 aromatic rings. The summed E-state index contributed by atoms with van der Waals surface area (Å²) in [4.78, 5) is 26.3. The van der Waals surface area contributed by atoms with E-state index in [0.717, 1.165) is 6.92 Å². The molecule has 27 heavy (non-hydrogen) atoms. The fourth-order valence-electron chi connectivity index (χ4n) is 1.92. The van der Waals surface area contributed by atoms with E-state index in [1.807, 2.05) is 11.0 Å². The molecular formula is C12H22N6O7S2. The molecule has 1 unspecified atom stereocenters. The van der Waals surface area contributed by atoms with Gasteiger partial charge in [-0.15, -0.1) is 0 Å². The molecule has 0 aliphatic heterocycles. The number of aliphatic hydroxyl groups excluding tert-OH is 1. The van der Waals surface area contributed by atoms with Gasteiger partial charge in [-0.1, -0.05) is 5.16 Å². The highest BCUT2D eigenvalue weighted by Crippen LogP contribution is 2.19. The predicted octanol–water partition coefficient (Wildman–Crippen LogP) is -2.39. The first-order valence-electron chi connectivity index (χ1n) is 7.53. The number of rotatable bonds is 12. The van der Waals surface area contributed by atoms with E-state index in [0.29, 0.717) is 5.75 Å². The van der Waals surface area contributed by atoms with Gasteiger partial charge in [-0.05, 0) is 13.2 Å². The Hall–Kier alpha value is -1.78. The second-order valence-electron chi connectivity index (χ2n) is 5.57. The molecule has 0 radical (unpaired) electrons. The van der Waals surface area contributed by atoms with Crippen molar-refractivity contribution in [3.8, 4) is 0 Å². The summed E-state index contributed by atoms with van der Waals surface area (Å²) < 4.78 is 33.1. The summed E-state index contributed by atoms with van der Waals surface area (Å²) in [6, 6.07) is -3.75. The lowest BCUT2D eigenvalue weighted by molar-refractivity contribution is -0.141. The van der Waals surface area contributed by atoms with Crippen LogP contribution >= 0.6 is 11.8 Å². The standard InChI is InChI=1S/C12H22N6O7S2/c1-5(19)9(12(21)22)18-27(23,24)17-7(3-8(14)20)11-15-10(16-25-11)6(13)4-26-2/h5-7,9,17-19H,3-4,13H2,1-2H3,(H2,14,20)(H,21,22)/t5?,6-,7+,9-/m0/s1. The molecule has 13 nitrogen and oxygen atoms in total. The van der Waals surface area contributed by atoms with Crippen molar-refractivity contribution in [2.75, 3.05) is 12.0 Å². The molecule has 0 bridgehead atoms. The smallest absolute Gasteiger partial charge is 0.324 e. The van der Waals surface area contributed by atoms with Gasteiger partial charge in [0.25, 0.3) is 10.2 Å². The summed E-state index contributed by atoms with van der Waals surface area (Å²) in [7, 11) is -4.50. The van der Waals surface area contributed by atoms with E-state index in [1.165, 1.54) is 11.8 Å². The number of carbonyl (C=O) groups is 2. The highest BCUT2D eigenvalue weighted by molar-refractivity contribution is 7.98. The van der Waals surface area contributed by atoms with Gasteiger partial charge in [0, 0.05) is 5.75 Å². The number of carboxylic acid groups (broad SMARTS) is 1. The molecule has 0 fully saturated rings. The maximum absolute atomic E-state index is 12.2. The third-order valence-electron chi connectivity index (χ3n) is 3.17. The van der Waals surface area contributed by atoms with Gasteiger partial charge in [0.15, 0.2) is 5.82 Å². The summed E-state index contributed by atoms with van der Waals surface area (Å²) >= 11 is 1.43. The summed E-state index contributed by atoms with van der Waals surface area (Å²) in [5.41, 5.74) is 11.0. The molecule has 0 spiro atoms. The fourth-order valence-corrected chi connectivity index (χ4v) is 3.68. The van der Waals surface area contributed by atoms with Crippen LogP contribution in [-0.2, 0) is 19.8 Å². The number of amides is 1. The van der Waals surface area contributed by atoms with Gasteiger partial charge in [-0.3, -0.25) is 9.59 Å². The summed E-state index contributed by atoms with van der Waals surface area (Å²) in [5.74, 6) is -2.16. The first kappa shape index (κ1) is 23.3. The third kappa shape index (κ3) is 7.39. The molecule has 1 heterocycles. The number of aliphatic hydroxyl groups is 1. The number of nitrogens with two attached hydrogens (primary N) is 2. The van der Waals surface area contributed by atoms with Crippen LogP contribution in [0.4, 0.5) is 0 Å². The number of carboxylic acids is 1. The molecule has 1 amide bonds. The van der Waals surface area contributed by atoms with Crippen molar-refractivity contribution < 1.29 is 32.7 Å². The summed E-state index contributed by atoms with van der Waals surface area (Å²) in [6.07, 6.45) is -0.238. The van der Waals surface area contributed by atoms with Crippen molar-refractivity contribution in [1.29, 1.82) is 0 Å². The van der Waals surface area contributed by atoms with Crippen molar-refractivity contribution in [3.05, 3.63) is 11.7 Å². The largest absolute Gasteiger partial charge is 0.480 e. The van der Waals surface area contributed by atoms with Crippen molar-refractivity contribution in [2.45, 2.75) is 37.6 Å². The molecule has 0 aromatic carbocycles. The van der Waals surface area contributed by atoms with Crippen LogP contribution in [0.2, 0.25) is 0 Å². The molecule has 1 rings (SSSR count). The van der Waals surface area contributed by atoms with Gasteiger partial charge < -0.3 is 26.2 Å². The Balaban J connectivity index is 3.04. The van der Waals surface area contributed by atoms with Crippen LogP contribution < -0.4 is 20.9 Å². The number of aromatic nitrogens is 2. The average molecular weight is 426 g/mol. The van der Waals surface area contributed by atoms with E-state index < -0.39 is 52.7 Å². The Labute approximate surface area is 159 Å². The zero-order valence-electron chi connectivity index (χ0n) is 14.5. The highest BCUT2D eigenvalue weighted by atomic mass is 32.2. The van der Waals surface area contributed by atoms with Crippen molar-refractivity contribution in [3.63, 3.8) is 0 Å². The van der Waals surface area contributed by atoms with Crippen LogP contribution in [0.3, 0.4) is 0 Å². The Bertz CT molecular complexity index is 753. The van der Waals surface area contributed by atoms with Crippen LogP contribution in [0.1, 0.15) is 37.1 Å². The number of nitrogens with one attached hydrogen (secondary N) is 2. The van der Waals surface area contributed by atoms with Gasteiger partial charge in [0.2, 0.25) is 11.8 Å². The van der Waals surface area contributed by atoms with Crippen LogP contribution in [0.15, 0.2) is 4.52 Å². The zero-order chi connectivity index (χ0) is 20.8. The fraction of sp³-hybridized carbons (Fsp3) is 0.667. The van der Waals surface area contributed by atoms with Gasteiger partial charge in [-0.25, -0.2) is 0 Å². The molecule has 0 saturated heterocycles. The highest BCUT2D eigenvalue weighted by Gasteiger charge is 2.32. The molecule has 15 heteroatoms. The van der Waals surface area contributed by atoms with Crippen molar-refractivity contribution in [2.24, 2.45) is 11.5 Å². The number of aliphatic carboxylic acids is 1. The number of primary amides is 1. The van der Waals surface area contributed by atoms with Gasteiger partial charge in [-0.2, -0.15) is 34.6 Å². The SMILES string of the molecule is CSC[C@H](N)c1noc([C@@H](CC(N)=O)NS(=O)(=O)N[C@H](C(=O)O)C(C)O)n1. The third-order valence-corrected chi connectivity index (χ3v) is 5.02. The molecule has 0 saturated carbocycles. The average Bonchev–Trinajstić information content (AvgIpc) is 3.01.